The maximum Gasteiger partial charge on any atom is 0.166 e. The van der Waals surface area contributed by atoms with E-state index in [1.54, 1.807) is 6.07 Å². The van der Waals surface area contributed by atoms with Gasteiger partial charge in [0.1, 0.15) is 5.82 Å². The normalized spacial score (nSPS) is 12.3. The van der Waals surface area contributed by atoms with E-state index >= 15 is 0 Å². The van der Waals surface area contributed by atoms with Crippen LogP contribution in [0.5, 0.6) is 0 Å². The molecule has 94 valence electrons. The molecule has 2 nitrogen and oxygen atoms in total. The molecule has 0 aliphatic heterocycles. The minimum absolute atomic E-state index is 0.00198. The van der Waals surface area contributed by atoms with Crippen molar-refractivity contribution in [3.8, 4) is 0 Å². The summed E-state index contributed by atoms with van der Waals surface area (Å²) in [6, 6.07) is 6.53. The summed E-state index contributed by atoms with van der Waals surface area (Å²) in [5.74, 6) is 0.316. The number of halogens is 1. The zero-order valence-electron chi connectivity index (χ0n) is 10.5. The Morgan fingerprint density at radius 3 is 2.65 bits per heavy atom. The van der Waals surface area contributed by atoms with Crippen LogP contribution >= 0.6 is 12.2 Å². The van der Waals surface area contributed by atoms with Crippen molar-refractivity contribution in [3.05, 3.63) is 35.6 Å². The van der Waals surface area contributed by atoms with Crippen molar-refractivity contribution in [3.63, 3.8) is 0 Å². The average Bonchev–Trinajstić information content (AvgIpc) is 2.26. The Balaban J connectivity index is 2.48. The summed E-state index contributed by atoms with van der Waals surface area (Å²) in [5, 5.41) is 6.86. The van der Waals surface area contributed by atoms with Crippen LogP contribution in [0, 0.1) is 11.7 Å². The summed E-state index contributed by atoms with van der Waals surface area (Å²) in [6.07, 6.45) is 0. The highest BCUT2D eigenvalue weighted by molar-refractivity contribution is 7.80. The number of thiocarbonyl (C=S) groups is 1. The van der Waals surface area contributed by atoms with Crippen LogP contribution in [0.25, 0.3) is 0 Å². The topological polar surface area (TPSA) is 24.1 Å². The summed E-state index contributed by atoms with van der Waals surface area (Å²) in [6.45, 7) is 7.02. The minimum atomic E-state index is -0.225. The first-order chi connectivity index (χ1) is 7.99. The second-order valence-electron chi connectivity index (χ2n) is 4.52. The first-order valence-electron chi connectivity index (χ1n) is 5.79. The zero-order chi connectivity index (χ0) is 12.8. The molecular formula is C13H19FN2S. The molecule has 0 aliphatic rings. The molecule has 1 unspecified atom stereocenters. The molecule has 0 bridgehead atoms. The predicted molar refractivity (Wildman–Crippen MR) is 73.4 cm³/mol. The Hall–Kier alpha value is -1.16. The van der Waals surface area contributed by atoms with Gasteiger partial charge in [0.05, 0.1) is 6.04 Å². The van der Waals surface area contributed by atoms with Gasteiger partial charge >= 0.3 is 0 Å². The van der Waals surface area contributed by atoms with Crippen molar-refractivity contribution >= 4 is 17.3 Å². The van der Waals surface area contributed by atoms with Gasteiger partial charge in [0, 0.05) is 6.54 Å². The van der Waals surface area contributed by atoms with Crippen LogP contribution in [-0.4, -0.2) is 11.7 Å². The first-order valence-corrected chi connectivity index (χ1v) is 6.19. The van der Waals surface area contributed by atoms with Gasteiger partial charge in [-0.05, 0) is 42.8 Å². The standard InChI is InChI=1S/C13H19FN2S/c1-9(2)8-15-13(17)16-10(3)11-5-4-6-12(14)7-11/h4-7,9-10H,8H2,1-3H3,(H2,15,16,17). The molecule has 4 heteroatoms. The molecule has 1 atom stereocenters. The van der Waals surface area contributed by atoms with Crippen LogP contribution in [0.2, 0.25) is 0 Å². The van der Waals surface area contributed by atoms with E-state index in [0.29, 0.717) is 11.0 Å². The van der Waals surface area contributed by atoms with E-state index in [9.17, 15) is 4.39 Å². The van der Waals surface area contributed by atoms with E-state index in [1.807, 2.05) is 13.0 Å². The Morgan fingerprint density at radius 1 is 1.35 bits per heavy atom. The van der Waals surface area contributed by atoms with Crippen LogP contribution < -0.4 is 10.6 Å². The molecular weight excluding hydrogens is 235 g/mol. The lowest BCUT2D eigenvalue weighted by atomic mass is 10.1. The number of hydrogen-bond donors (Lipinski definition) is 2. The van der Waals surface area contributed by atoms with Crippen molar-refractivity contribution in [2.75, 3.05) is 6.54 Å². The summed E-state index contributed by atoms with van der Waals surface area (Å²) >= 11 is 5.17. The first kappa shape index (κ1) is 13.9. The highest BCUT2D eigenvalue weighted by Gasteiger charge is 2.07. The van der Waals surface area contributed by atoms with E-state index in [1.165, 1.54) is 12.1 Å². The van der Waals surface area contributed by atoms with E-state index in [-0.39, 0.29) is 11.9 Å². The third kappa shape index (κ3) is 5.13. The quantitative estimate of drug-likeness (QED) is 0.808. The van der Waals surface area contributed by atoms with Crippen molar-refractivity contribution < 1.29 is 4.39 Å². The molecule has 1 aromatic rings. The largest absolute Gasteiger partial charge is 0.362 e. The van der Waals surface area contributed by atoms with Crippen molar-refractivity contribution in [1.82, 2.24) is 10.6 Å². The van der Waals surface area contributed by atoms with Crippen molar-refractivity contribution in [1.29, 1.82) is 0 Å². The minimum Gasteiger partial charge on any atom is -0.362 e. The number of rotatable bonds is 4. The summed E-state index contributed by atoms with van der Waals surface area (Å²) < 4.78 is 13.0. The third-order valence-corrected chi connectivity index (χ3v) is 2.63. The highest BCUT2D eigenvalue weighted by Crippen LogP contribution is 2.13. The summed E-state index contributed by atoms with van der Waals surface area (Å²) in [7, 11) is 0. The van der Waals surface area contributed by atoms with Crippen molar-refractivity contribution in [2.45, 2.75) is 26.8 Å². The van der Waals surface area contributed by atoms with Gasteiger partial charge < -0.3 is 10.6 Å². The van der Waals surface area contributed by atoms with Gasteiger partial charge in [-0.25, -0.2) is 4.39 Å². The molecule has 0 saturated carbocycles. The molecule has 0 spiro atoms. The Bertz CT molecular complexity index is 379. The molecule has 1 aromatic carbocycles. The lowest BCUT2D eigenvalue weighted by molar-refractivity contribution is 0.603. The fraction of sp³-hybridized carbons (Fsp3) is 0.462. The molecule has 17 heavy (non-hydrogen) atoms. The van der Waals surface area contributed by atoms with Crippen LogP contribution in [0.3, 0.4) is 0 Å². The van der Waals surface area contributed by atoms with Gasteiger partial charge in [-0.3, -0.25) is 0 Å². The van der Waals surface area contributed by atoms with Gasteiger partial charge in [0.15, 0.2) is 5.11 Å². The second-order valence-corrected chi connectivity index (χ2v) is 4.93. The molecule has 0 amide bonds. The molecule has 0 heterocycles. The van der Waals surface area contributed by atoms with Crippen LogP contribution in [-0.2, 0) is 0 Å². The van der Waals surface area contributed by atoms with Gasteiger partial charge in [-0.2, -0.15) is 0 Å². The number of hydrogen-bond acceptors (Lipinski definition) is 1. The maximum atomic E-state index is 13.0. The lowest BCUT2D eigenvalue weighted by Gasteiger charge is -2.18. The SMILES string of the molecule is CC(C)CNC(=S)NC(C)c1cccc(F)c1. The Labute approximate surface area is 108 Å². The summed E-state index contributed by atoms with van der Waals surface area (Å²) in [5.41, 5.74) is 0.888. The molecule has 0 aromatic heterocycles. The highest BCUT2D eigenvalue weighted by atomic mass is 32.1. The van der Waals surface area contributed by atoms with Crippen LogP contribution in [0.4, 0.5) is 4.39 Å². The maximum absolute atomic E-state index is 13.0. The molecule has 0 fully saturated rings. The Morgan fingerprint density at radius 2 is 2.06 bits per heavy atom. The second kappa shape index (κ2) is 6.55. The monoisotopic (exact) mass is 254 g/mol. The smallest absolute Gasteiger partial charge is 0.166 e. The predicted octanol–water partition coefficient (Wildman–Crippen LogP) is 3.01. The third-order valence-electron chi connectivity index (χ3n) is 2.37. The Kier molecular flexibility index (Phi) is 5.35. The summed E-state index contributed by atoms with van der Waals surface area (Å²) in [4.78, 5) is 0. The number of benzene rings is 1. The zero-order valence-corrected chi connectivity index (χ0v) is 11.3. The fourth-order valence-corrected chi connectivity index (χ4v) is 1.66. The van der Waals surface area contributed by atoms with Gasteiger partial charge in [0.2, 0.25) is 0 Å². The molecule has 0 radical (unpaired) electrons. The van der Waals surface area contributed by atoms with Gasteiger partial charge in [-0.1, -0.05) is 26.0 Å². The van der Waals surface area contributed by atoms with Crippen LogP contribution in [0.15, 0.2) is 24.3 Å². The van der Waals surface area contributed by atoms with E-state index in [0.717, 1.165) is 12.1 Å². The van der Waals surface area contributed by atoms with Gasteiger partial charge in [0.25, 0.3) is 0 Å². The van der Waals surface area contributed by atoms with Crippen LogP contribution in [0.1, 0.15) is 32.4 Å². The molecule has 0 aliphatic carbocycles. The average molecular weight is 254 g/mol. The van der Waals surface area contributed by atoms with E-state index in [4.69, 9.17) is 12.2 Å². The van der Waals surface area contributed by atoms with E-state index in [2.05, 4.69) is 24.5 Å². The van der Waals surface area contributed by atoms with E-state index < -0.39 is 0 Å². The molecule has 2 N–H and O–H groups in total. The number of nitrogens with one attached hydrogen (secondary N) is 2. The molecule has 0 saturated heterocycles. The van der Waals surface area contributed by atoms with Crippen molar-refractivity contribution in [2.24, 2.45) is 5.92 Å². The fourth-order valence-electron chi connectivity index (χ4n) is 1.40. The lowest BCUT2D eigenvalue weighted by Crippen LogP contribution is -2.38. The molecule has 1 rings (SSSR count). The van der Waals surface area contributed by atoms with Gasteiger partial charge in [-0.15, -0.1) is 0 Å².